The molecule has 0 saturated carbocycles. The van der Waals surface area contributed by atoms with E-state index in [0.717, 1.165) is 30.4 Å². The van der Waals surface area contributed by atoms with Crippen molar-refractivity contribution in [2.45, 2.75) is 32.7 Å². The molecule has 1 aromatic carbocycles. The van der Waals surface area contributed by atoms with Crippen LogP contribution in [0.3, 0.4) is 0 Å². The van der Waals surface area contributed by atoms with E-state index >= 15 is 0 Å². The number of imidazole rings is 1. The zero-order valence-electron chi connectivity index (χ0n) is 15.8. The lowest BCUT2D eigenvalue weighted by molar-refractivity contribution is 0.616. The first kappa shape index (κ1) is 18.9. The zero-order valence-corrected chi connectivity index (χ0v) is 15.8. The molecule has 0 bridgehead atoms. The number of aromatic nitrogens is 4. The van der Waals surface area contributed by atoms with Gasteiger partial charge in [0.25, 0.3) is 5.56 Å². The van der Waals surface area contributed by atoms with Crippen molar-refractivity contribution >= 4 is 17.1 Å². The van der Waals surface area contributed by atoms with Gasteiger partial charge in [-0.25, -0.2) is 9.18 Å². The van der Waals surface area contributed by atoms with Crippen molar-refractivity contribution in [1.29, 1.82) is 0 Å². The highest BCUT2D eigenvalue weighted by Gasteiger charge is 2.18. The Kier molecular flexibility index (Phi) is 5.43. The predicted molar refractivity (Wildman–Crippen MR) is 104 cm³/mol. The van der Waals surface area contributed by atoms with Crippen LogP contribution in [0.1, 0.15) is 31.7 Å². The molecule has 8 heteroatoms. The van der Waals surface area contributed by atoms with Gasteiger partial charge in [0.2, 0.25) is 5.95 Å². The van der Waals surface area contributed by atoms with E-state index in [4.69, 9.17) is 0 Å². The number of anilines is 1. The predicted octanol–water partition coefficient (Wildman–Crippen LogP) is 2.22. The second-order valence-electron chi connectivity index (χ2n) is 6.66. The lowest BCUT2D eigenvalue weighted by Gasteiger charge is -2.09. The standard InChI is InChI=1S/C19H24FN5O2/c1-4-5-6-10-21-18-22-16-15(23(18)2)17(26)25(19(27)24(16)3)12-13-8-7-9-14(20)11-13/h7-9,11H,4-6,10,12H2,1-3H3,(H,21,22). The van der Waals surface area contributed by atoms with Crippen LogP contribution in [0.5, 0.6) is 0 Å². The summed E-state index contributed by atoms with van der Waals surface area (Å²) in [5.41, 5.74) is 0.308. The maximum Gasteiger partial charge on any atom is 0.332 e. The molecule has 144 valence electrons. The third kappa shape index (κ3) is 3.65. The van der Waals surface area contributed by atoms with Crippen molar-refractivity contribution in [2.75, 3.05) is 11.9 Å². The number of aryl methyl sites for hydroxylation is 2. The highest BCUT2D eigenvalue weighted by Crippen LogP contribution is 2.14. The van der Waals surface area contributed by atoms with Gasteiger partial charge in [0, 0.05) is 20.6 Å². The first-order chi connectivity index (χ1) is 12.9. The summed E-state index contributed by atoms with van der Waals surface area (Å²) in [7, 11) is 3.33. The van der Waals surface area contributed by atoms with E-state index in [1.165, 1.54) is 16.7 Å². The number of halogens is 1. The number of hydrogen-bond acceptors (Lipinski definition) is 4. The van der Waals surface area contributed by atoms with Gasteiger partial charge < -0.3 is 9.88 Å². The van der Waals surface area contributed by atoms with Crippen molar-refractivity contribution < 1.29 is 4.39 Å². The molecule has 0 saturated heterocycles. The summed E-state index contributed by atoms with van der Waals surface area (Å²) < 4.78 is 17.6. The first-order valence-electron chi connectivity index (χ1n) is 9.08. The fourth-order valence-corrected chi connectivity index (χ4v) is 3.13. The van der Waals surface area contributed by atoms with Gasteiger partial charge in [0.1, 0.15) is 5.82 Å². The van der Waals surface area contributed by atoms with E-state index in [2.05, 4.69) is 17.2 Å². The Balaban J connectivity index is 2.05. The molecule has 0 aliphatic rings. The van der Waals surface area contributed by atoms with Gasteiger partial charge in [-0.3, -0.25) is 13.9 Å². The molecule has 0 aliphatic heterocycles. The second-order valence-corrected chi connectivity index (χ2v) is 6.66. The van der Waals surface area contributed by atoms with E-state index in [0.29, 0.717) is 22.7 Å². The van der Waals surface area contributed by atoms with Crippen LogP contribution < -0.4 is 16.6 Å². The largest absolute Gasteiger partial charge is 0.356 e. The molecule has 3 rings (SSSR count). The number of hydrogen-bond donors (Lipinski definition) is 1. The minimum Gasteiger partial charge on any atom is -0.356 e. The monoisotopic (exact) mass is 373 g/mol. The molecule has 1 N–H and O–H groups in total. The fraction of sp³-hybridized carbons (Fsp3) is 0.421. The topological polar surface area (TPSA) is 73.8 Å². The van der Waals surface area contributed by atoms with Gasteiger partial charge in [0.05, 0.1) is 6.54 Å². The normalized spacial score (nSPS) is 11.3. The molecule has 0 radical (unpaired) electrons. The van der Waals surface area contributed by atoms with E-state index in [9.17, 15) is 14.0 Å². The van der Waals surface area contributed by atoms with Crippen molar-refractivity contribution in [1.82, 2.24) is 18.7 Å². The lowest BCUT2D eigenvalue weighted by Crippen LogP contribution is -2.39. The summed E-state index contributed by atoms with van der Waals surface area (Å²) in [6, 6.07) is 5.88. The van der Waals surface area contributed by atoms with Crippen molar-refractivity contribution in [3.8, 4) is 0 Å². The molecule has 2 heterocycles. The van der Waals surface area contributed by atoms with Crippen molar-refractivity contribution in [3.63, 3.8) is 0 Å². The maximum absolute atomic E-state index is 13.5. The molecule has 3 aromatic rings. The van der Waals surface area contributed by atoms with Crippen LogP contribution >= 0.6 is 0 Å². The SMILES string of the molecule is CCCCCNc1nc2c(c(=O)n(Cc3cccc(F)c3)c(=O)n2C)n1C. The molecule has 7 nitrogen and oxygen atoms in total. The van der Waals surface area contributed by atoms with E-state index < -0.39 is 17.1 Å². The van der Waals surface area contributed by atoms with Gasteiger partial charge in [-0.15, -0.1) is 0 Å². The second kappa shape index (κ2) is 7.77. The van der Waals surface area contributed by atoms with Crippen molar-refractivity contribution in [3.05, 3.63) is 56.5 Å². The molecule has 0 atom stereocenters. The van der Waals surface area contributed by atoms with Gasteiger partial charge in [-0.05, 0) is 24.1 Å². The Morgan fingerprint density at radius 3 is 2.63 bits per heavy atom. The number of nitrogens with one attached hydrogen (secondary N) is 1. The average molecular weight is 373 g/mol. The smallest absolute Gasteiger partial charge is 0.332 e. The lowest BCUT2D eigenvalue weighted by atomic mass is 10.2. The summed E-state index contributed by atoms with van der Waals surface area (Å²) in [5.74, 6) is 0.147. The first-order valence-corrected chi connectivity index (χ1v) is 9.08. The highest BCUT2D eigenvalue weighted by atomic mass is 19.1. The van der Waals surface area contributed by atoms with Gasteiger partial charge in [0.15, 0.2) is 11.2 Å². The summed E-state index contributed by atoms with van der Waals surface area (Å²) in [4.78, 5) is 30.1. The molecular formula is C19H24FN5O2. The highest BCUT2D eigenvalue weighted by molar-refractivity contribution is 5.74. The van der Waals surface area contributed by atoms with Crippen LogP contribution in [0.25, 0.3) is 11.2 Å². The van der Waals surface area contributed by atoms with Gasteiger partial charge in [-0.2, -0.15) is 4.98 Å². The maximum atomic E-state index is 13.5. The number of nitrogens with zero attached hydrogens (tertiary/aromatic N) is 4. The summed E-state index contributed by atoms with van der Waals surface area (Å²) in [6.07, 6.45) is 3.22. The molecule has 0 fully saturated rings. The molecule has 27 heavy (non-hydrogen) atoms. The molecule has 2 aromatic heterocycles. The quantitative estimate of drug-likeness (QED) is 0.645. The molecule has 0 unspecified atom stereocenters. The van der Waals surface area contributed by atoms with Crippen LogP contribution in [0.4, 0.5) is 10.3 Å². The average Bonchev–Trinajstić information content (AvgIpc) is 2.97. The Morgan fingerprint density at radius 2 is 1.93 bits per heavy atom. The third-order valence-electron chi connectivity index (χ3n) is 4.65. The van der Waals surface area contributed by atoms with E-state index in [1.807, 2.05) is 0 Å². The number of unbranched alkanes of at least 4 members (excludes halogenated alkanes) is 2. The molecular weight excluding hydrogens is 349 g/mol. The van der Waals surface area contributed by atoms with E-state index in [-0.39, 0.29) is 6.54 Å². The van der Waals surface area contributed by atoms with Crippen LogP contribution in [0, 0.1) is 5.82 Å². The third-order valence-corrected chi connectivity index (χ3v) is 4.65. The molecule has 0 spiro atoms. The minimum atomic E-state index is -0.479. The van der Waals surface area contributed by atoms with Gasteiger partial charge >= 0.3 is 5.69 Å². The van der Waals surface area contributed by atoms with Crippen LogP contribution in [0.15, 0.2) is 33.9 Å². The Bertz CT molecular complexity index is 1080. The molecule has 0 aliphatic carbocycles. The zero-order chi connectivity index (χ0) is 19.6. The minimum absolute atomic E-state index is 0.00362. The van der Waals surface area contributed by atoms with Crippen LogP contribution in [-0.2, 0) is 20.6 Å². The fourth-order valence-electron chi connectivity index (χ4n) is 3.13. The van der Waals surface area contributed by atoms with Crippen LogP contribution in [0.2, 0.25) is 0 Å². The van der Waals surface area contributed by atoms with Crippen molar-refractivity contribution in [2.24, 2.45) is 14.1 Å². The summed E-state index contributed by atoms with van der Waals surface area (Å²) in [5, 5.41) is 3.23. The Hall–Kier alpha value is -2.90. The Morgan fingerprint density at radius 1 is 1.15 bits per heavy atom. The van der Waals surface area contributed by atoms with Crippen LogP contribution in [-0.4, -0.2) is 25.2 Å². The van der Waals surface area contributed by atoms with Gasteiger partial charge in [-0.1, -0.05) is 31.9 Å². The number of benzene rings is 1. The molecule has 0 amide bonds. The summed E-state index contributed by atoms with van der Waals surface area (Å²) in [6.45, 7) is 2.88. The number of rotatable bonds is 7. The van der Waals surface area contributed by atoms with E-state index in [1.54, 1.807) is 30.8 Å². The summed E-state index contributed by atoms with van der Waals surface area (Å²) >= 11 is 0. The number of fused-ring (bicyclic) bond motifs is 1. The Labute approximate surface area is 156 Å².